The van der Waals surface area contributed by atoms with Crippen molar-refractivity contribution >= 4 is 5.78 Å². The molecule has 86 valence electrons. The molecule has 0 N–H and O–H groups in total. The van der Waals surface area contributed by atoms with E-state index in [4.69, 9.17) is 4.74 Å². The Kier molecular flexibility index (Phi) is 4.29. The second-order valence-electron chi connectivity index (χ2n) is 4.06. The number of carbonyl (C=O) groups is 1. The summed E-state index contributed by atoms with van der Waals surface area (Å²) >= 11 is 0. The molecule has 0 radical (unpaired) electrons. The highest BCUT2D eigenvalue weighted by Crippen LogP contribution is 2.19. The second kappa shape index (κ2) is 5.50. The van der Waals surface area contributed by atoms with Gasteiger partial charge in [-0.3, -0.25) is 4.79 Å². The molecular weight excluding hydrogens is 200 g/mol. The summed E-state index contributed by atoms with van der Waals surface area (Å²) in [5.41, 5.74) is 2.78. The Morgan fingerprint density at radius 2 is 2.06 bits per heavy atom. The molecule has 0 heterocycles. The van der Waals surface area contributed by atoms with Crippen LogP contribution in [0.2, 0.25) is 0 Å². The Hall–Kier alpha value is -1.57. The summed E-state index contributed by atoms with van der Waals surface area (Å²) in [6.07, 6.45) is 1.28. The van der Waals surface area contributed by atoms with Gasteiger partial charge in [-0.25, -0.2) is 0 Å². The SMILES string of the molecule is C=C(C)CCC(=O)c1ccc(OC)c(C)c1. The number of allylic oxidation sites excluding steroid dienone is 1. The highest BCUT2D eigenvalue weighted by atomic mass is 16.5. The van der Waals surface area contributed by atoms with Gasteiger partial charge in [-0.1, -0.05) is 5.57 Å². The van der Waals surface area contributed by atoms with Crippen molar-refractivity contribution in [1.82, 2.24) is 0 Å². The first kappa shape index (κ1) is 12.5. The Bertz CT molecular complexity index is 405. The van der Waals surface area contributed by atoms with E-state index in [1.54, 1.807) is 7.11 Å². The number of Topliss-reactive ketones (excluding diaryl/α,β-unsaturated/α-hetero) is 1. The molecule has 16 heavy (non-hydrogen) atoms. The molecule has 0 atom stereocenters. The zero-order valence-electron chi connectivity index (χ0n) is 10.2. The van der Waals surface area contributed by atoms with Crippen molar-refractivity contribution in [3.05, 3.63) is 41.5 Å². The monoisotopic (exact) mass is 218 g/mol. The Morgan fingerprint density at radius 3 is 2.56 bits per heavy atom. The number of aryl methyl sites for hydroxylation is 1. The number of carbonyl (C=O) groups excluding carboxylic acids is 1. The van der Waals surface area contributed by atoms with E-state index < -0.39 is 0 Å². The van der Waals surface area contributed by atoms with Gasteiger partial charge >= 0.3 is 0 Å². The summed E-state index contributed by atoms with van der Waals surface area (Å²) in [6, 6.07) is 5.52. The third-order valence-electron chi connectivity index (χ3n) is 2.50. The summed E-state index contributed by atoms with van der Waals surface area (Å²) < 4.78 is 5.15. The summed E-state index contributed by atoms with van der Waals surface area (Å²) in [5.74, 6) is 0.977. The van der Waals surface area contributed by atoms with Crippen molar-refractivity contribution in [1.29, 1.82) is 0 Å². The smallest absolute Gasteiger partial charge is 0.163 e. The van der Waals surface area contributed by atoms with Crippen LogP contribution in [0.25, 0.3) is 0 Å². The van der Waals surface area contributed by atoms with E-state index in [0.29, 0.717) is 6.42 Å². The fraction of sp³-hybridized carbons (Fsp3) is 0.357. The van der Waals surface area contributed by atoms with Crippen molar-refractivity contribution in [3.63, 3.8) is 0 Å². The molecule has 2 nitrogen and oxygen atoms in total. The summed E-state index contributed by atoms with van der Waals surface area (Å²) in [5, 5.41) is 0. The van der Waals surface area contributed by atoms with Gasteiger partial charge in [0, 0.05) is 12.0 Å². The Morgan fingerprint density at radius 1 is 1.38 bits per heavy atom. The maximum Gasteiger partial charge on any atom is 0.163 e. The van der Waals surface area contributed by atoms with Gasteiger partial charge in [0.2, 0.25) is 0 Å². The molecular formula is C14H18O2. The maximum atomic E-state index is 11.8. The molecule has 0 saturated carbocycles. The normalized spacial score (nSPS) is 9.94. The number of ketones is 1. The van der Waals surface area contributed by atoms with Crippen LogP contribution in [0.1, 0.15) is 35.7 Å². The van der Waals surface area contributed by atoms with E-state index in [-0.39, 0.29) is 5.78 Å². The molecule has 0 saturated heterocycles. The lowest BCUT2D eigenvalue weighted by Crippen LogP contribution is -2.00. The van der Waals surface area contributed by atoms with E-state index in [1.165, 1.54) is 0 Å². The molecule has 0 spiro atoms. The first-order chi connectivity index (χ1) is 7.54. The number of hydrogen-bond donors (Lipinski definition) is 0. The van der Waals surface area contributed by atoms with Crippen LogP contribution in [-0.2, 0) is 0 Å². The molecule has 0 aliphatic heterocycles. The van der Waals surface area contributed by atoms with Crippen LogP contribution >= 0.6 is 0 Å². The van der Waals surface area contributed by atoms with E-state index in [2.05, 4.69) is 6.58 Å². The fourth-order valence-electron chi connectivity index (χ4n) is 1.52. The van der Waals surface area contributed by atoms with E-state index in [9.17, 15) is 4.79 Å². The Balaban J connectivity index is 2.77. The van der Waals surface area contributed by atoms with E-state index in [1.807, 2.05) is 32.0 Å². The number of hydrogen-bond acceptors (Lipinski definition) is 2. The topological polar surface area (TPSA) is 26.3 Å². The van der Waals surface area contributed by atoms with E-state index in [0.717, 1.165) is 28.9 Å². The van der Waals surface area contributed by atoms with Crippen LogP contribution in [0.5, 0.6) is 5.75 Å². The highest BCUT2D eigenvalue weighted by molar-refractivity contribution is 5.96. The van der Waals surface area contributed by atoms with Crippen LogP contribution < -0.4 is 4.74 Å². The minimum absolute atomic E-state index is 0.161. The highest BCUT2D eigenvalue weighted by Gasteiger charge is 2.07. The zero-order valence-corrected chi connectivity index (χ0v) is 10.2. The predicted octanol–water partition coefficient (Wildman–Crippen LogP) is 3.54. The molecule has 0 aliphatic rings. The molecule has 2 heteroatoms. The van der Waals surface area contributed by atoms with Gasteiger partial charge in [0.15, 0.2) is 5.78 Å². The van der Waals surface area contributed by atoms with Crippen LogP contribution in [0.4, 0.5) is 0 Å². The molecule has 0 aromatic heterocycles. The van der Waals surface area contributed by atoms with Crippen LogP contribution in [0.3, 0.4) is 0 Å². The number of rotatable bonds is 5. The van der Waals surface area contributed by atoms with Crippen molar-refractivity contribution in [2.75, 3.05) is 7.11 Å². The van der Waals surface area contributed by atoms with E-state index >= 15 is 0 Å². The molecule has 1 rings (SSSR count). The summed E-state index contributed by atoms with van der Waals surface area (Å²) in [7, 11) is 1.63. The molecule has 0 bridgehead atoms. The van der Waals surface area contributed by atoms with Crippen LogP contribution in [0.15, 0.2) is 30.4 Å². The van der Waals surface area contributed by atoms with Gasteiger partial charge in [-0.05, 0) is 44.0 Å². The lowest BCUT2D eigenvalue weighted by atomic mass is 10.0. The predicted molar refractivity (Wildman–Crippen MR) is 66.1 cm³/mol. The molecule has 1 aromatic carbocycles. The molecule has 0 unspecified atom stereocenters. The van der Waals surface area contributed by atoms with Gasteiger partial charge in [-0.15, -0.1) is 6.58 Å². The largest absolute Gasteiger partial charge is 0.496 e. The first-order valence-electron chi connectivity index (χ1n) is 5.37. The first-order valence-corrected chi connectivity index (χ1v) is 5.37. The molecule has 0 fully saturated rings. The van der Waals surface area contributed by atoms with Crippen LogP contribution in [0, 0.1) is 6.92 Å². The lowest BCUT2D eigenvalue weighted by molar-refractivity contribution is 0.0982. The summed E-state index contributed by atoms with van der Waals surface area (Å²) in [6.45, 7) is 7.67. The van der Waals surface area contributed by atoms with Gasteiger partial charge in [0.25, 0.3) is 0 Å². The van der Waals surface area contributed by atoms with Gasteiger partial charge in [-0.2, -0.15) is 0 Å². The standard InChI is InChI=1S/C14H18O2/c1-10(2)5-7-13(15)12-6-8-14(16-4)11(3)9-12/h6,8-9H,1,5,7H2,2-4H3. The van der Waals surface area contributed by atoms with Crippen molar-refractivity contribution < 1.29 is 9.53 Å². The lowest BCUT2D eigenvalue weighted by Gasteiger charge is -2.06. The zero-order chi connectivity index (χ0) is 12.1. The van der Waals surface area contributed by atoms with Crippen molar-refractivity contribution in [2.45, 2.75) is 26.7 Å². The fourth-order valence-corrected chi connectivity index (χ4v) is 1.52. The van der Waals surface area contributed by atoms with Crippen molar-refractivity contribution in [3.8, 4) is 5.75 Å². The third kappa shape index (κ3) is 3.23. The quantitative estimate of drug-likeness (QED) is 0.558. The second-order valence-corrected chi connectivity index (χ2v) is 4.06. The summed E-state index contributed by atoms with van der Waals surface area (Å²) in [4.78, 5) is 11.8. The van der Waals surface area contributed by atoms with Gasteiger partial charge < -0.3 is 4.74 Å². The van der Waals surface area contributed by atoms with Gasteiger partial charge in [0.05, 0.1) is 7.11 Å². The number of methoxy groups -OCH3 is 1. The average molecular weight is 218 g/mol. The Labute approximate surface area is 96.9 Å². The van der Waals surface area contributed by atoms with Gasteiger partial charge in [0.1, 0.15) is 5.75 Å². The third-order valence-corrected chi connectivity index (χ3v) is 2.50. The van der Waals surface area contributed by atoms with Crippen molar-refractivity contribution in [2.24, 2.45) is 0 Å². The minimum atomic E-state index is 0.161. The number of benzene rings is 1. The molecule has 0 amide bonds. The minimum Gasteiger partial charge on any atom is -0.496 e. The molecule has 0 aliphatic carbocycles. The maximum absolute atomic E-state index is 11.8. The van der Waals surface area contributed by atoms with Crippen LogP contribution in [-0.4, -0.2) is 12.9 Å². The molecule has 1 aromatic rings. The number of ether oxygens (including phenoxy) is 1. The average Bonchev–Trinajstić information content (AvgIpc) is 2.25.